The first-order valence-electron chi connectivity index (χ1n) is 47.1. The molecule has 0 aliphatic carbocycles. The molecule has 0 heteroatoms. The second-order valence-electron chi connectivity index (χ2n) is 36.8. The van der Waals surface area contributed by atoms with E-state index in [2.05, 4.69) is 558 Å². The topological polar surface area (TPSA) is 0 Å². The van der Waals surface area contributed by atoms with E-state index in [0.717, 1.165) is 25.7 Å². The van der Waals surface area contributed by atoms with Gasteiger partial charge < -0.3 is 0 Å². The summed E-state index contributed by atoms with van der Waals surface area (Å²) in [5.74, 6) is 0. The van der Waals surface area contributed by atoms with E-state index in [1.807, 2.05) is 0 Å². The highest BCUT2D eigenvalue weighted by Gasteiger charge is 2.22. The molecule has 0 bridgehead atoms. The quantitative estimate of drug-likeness (QED) is 0.135. The molecule has 0 atom stereocenters. The second-order valence-corrected chi connectivity index (χ2v) is 36.8. The zero-order chi connectivity index (χ0) is 95.7. The SMILES string of the molecule is CCc1cccc(CC)c1.Cc1ccc(-c2ccc(C)cc2)cc1.Cc1ccc(C(C)(C)c2ccc(C)cc2)cc1.Cc1ccc(C)c(C)c1.Cc1ccc(C)cc1.Cc1ccc(Cc2ccc(C)c(C)c2)cc1C.Cc1ccc(Cc2ccc(C)cc2)cc1.Cc1ccc2cc(C)ccc2c1.Cc1cccc(C)c1.Cc1cccc(C)c1C.Cc1cccc2c(C)cccc12. The monoisotopic (exact) mass is 1730 g/mol. The average Bonchev–Trinajstić information content (AvgIpc) is 0.808. The molecular weight excluding hydrogens is 1570 g/mol. The van der Waals surface area contributed by atoms with Crippen LogP contribution in [0.25, 0.3) is 32.7 Å². The highest BCUT2D eigenvalue weighted by molar-refractivity contribution is 5.88. The van der Waals surface area contributed by atoms with Crippen LogP contribution < -0.4 is 0 Å². The van der Waals surface area contributed by atoms with Gasteiger partial charge in [-0.25, -0.2) is 0 Å². The minimum atomic E-state index is 0.0708. The zero-order valence-electron chi connectivity index (χ0n) is 85.0. The molecular formula is C131H152. The first kappa shape index (κ1) is 105. The second kappa shape index (κ2) is 54.0. The van der Waals surface area contributed by atoms with Crippen LogP contribution in [0.4, 0.5) is 0 Å². The molecule has 17 aromatic carbocycles. The van der Waals surface area contributed by atoms with E-state index in [-0.39, 0.29) is 5.41 Å². The number of rotatable bonds is 9. The third-order valence-electron chi connectivity index (χ3n) is 24.4. The van der Waals surface area contributed by atoms with Gasteiger partial charge in [0.15, 0.2) is 0 Å². The van der Waals surface area contributed by atoms with Gasteiger partial charge in [0.2, 0.25) is 0 Å². The van der Waals surface area contributed by atoms with Crippen molar-refractivity contribution in [1.29, 1.82) is 0 Å². The van der Waals surface area contributed by atoms with Crippen LogP contribution in [0.15, 0.2) is 364 Å². The summed E-state index contributed by atoms with van der Waals surface area (Å²) in [5, 5.41) is 5.41. The van der Waals surface area contributed by atoms with Gasteiger partial charge in [-0.2, -0.15) is 0 Å². The first-order valence-corrected chi connectivity index (χ1v) is 47.1. The van der Waals surface area contributed by atoms with Gasteiger partial charge in [0.1, 0.15) is 0 Å². The standard InChI is InChI=1S/2C17H20.C15H16.C14H14.2C12H12.C10H14.2C9H12.2C8H10/c1-13-5-9-15(10-6-13)17(3,4)16-11-7-14(2)8-12-16;1-12-5-7-16(9-14(12)3)11-17-8-6-13(2)15(4)10-17;1-12-3-7-14(8-4-12)11-15-9-5-13(2)6-10-15;1-11-3-7-13(8-4-11)14-9-5-12(2)6-10-14;1-9-3-5-12-8-10(2)4-6-11(12)7-9;1-9-5-3-8-12-10(2)6-4-7-11(9)12;1-3-9-6-5-7-10(4-2)8-9;1-7-4-5-8(2)9(3)6-7;1-7-5-4-6-8(2)9(7)3;1-7-3-5-8(2)6-4-7;1-7-4-3-5-8(2)6-7/h5-12H,1-4H3;5-10H,11H2,1-4H3;3-10H,11H2,1-2H3;3-10H,1-2H3;2*3-8H,1-2H3;5-8H,3-4H2,1-2H3;2*4-6H,1-3H3;2*3-6H,1-2H3. The van der Waals surface area contributed by atoms with E-state index in [0.29, 0.717) is 0 Å². The Morgan fingerprint density at radius 2 is 0.420 bits per heavy atom. The molecule has 0 N–H and O–H groups in total. The van der Waals surface area contributed by atoms with E-state index in [1.54, 1.807) is 0 Å². The van der Waals surface area contributed by atoms with E-state index in [9.17, 15) is 0 Å². The average molecular weight is 1730 g/mol. The molecule has 131 heavy (non-hydrogen) atoms. The van der Waals surface area contributed by atoms with E-state index >= 15 is 0 Å². The van der Waals surface area contributed by atoms with Gasteiger partial charge in [0, 0.05) is 5.41 Å². The van der Waals surface area contributed by atoms with Gasteiger partial charge in [-0.1, -0.05) is 464 Å². The van der Waals surface area contributed by atoms with Crippen LogP contribution in [0.1, 0.15) is 206 Å². The van der Waals surface area contributed by atoms with Crippen molar-refractivity contribution in [3.05, 3.63) is 542 Å². The van der Waals surface area contributed by atoms with Gasteiger partial charge in [-0.3, -0.25) is 0 Å². The minimum absolute atomic E-state index is 0.0708. The molecule has 0 aliphatic heterocycles. The maximum atomic E-state index is 2.30. The summed E-state index contributed by atoms with van der Waals surface area (Å²) in [5.41, 5.74) is 46.2. The summed E-state index contributed by atoms with van der Waals surface area (Å²) >= 11 is 0. The lowest BCUT2D eigenvalue weighted by molar-refractivity contribution is 0.640. The number of aryl methyl sites for hydroxylation is 25. The lowest BCUT2D eigenvalue weighted by Crippen LogP contribution is -2.18. The Balaban J connectivity index is 0.000000199. The molecule has 0 saturated heterocycles. The molecule has 0 aromatic heterocycles. The Morgan fingerprint density at radius 3 is 0.733 bits per heavy atom. The molecule has 676 valence electrons. The van der Waals surface area contributed by atoms with Crippen LogP contribution in [0.2, 0.25) is 0 Å². The molecule has 17 rings (SSSR count). The Morgan fingerprint density at radius 1 is 0.168 bits per heavy atom. The van der Waals surface area contributed by atoms with Crippen LogP contribution in [0.3, 0.4) is 0 Å². The Bertz CT molecular complexity index is 5920. The Hall–Kier alpha value is -12.7. The van der Waals surface area contributed by atoms with Crippen molar-refractivity contribution in [3.8, 4) is 11.1 Å². The van der Waals surface area contributed by atoms with Crippen LogP contribution in [0.5, 0.6) is 0 Å². The number of fused-ring (bicyclic) bond motifs is 2. The molecule has 0 spiro atoms. The fourth-order valence-corrected chi connectivity index (χ4v) is 14.7. The molecule has 0 saturated carbocycles. The molecule has 0 nitrogen and oxygen atoms in total. The molecule has 0 aliphatic rings. The molecule has 0 unspecified atom stereocenters. The molecule has 0 amide bonds. The first-order chi connectivity index (χ1) is 62.4. The van der Waals surface area contributed by atoms with Gasteiger partial charge in [0.25, 0.3) is 0 Å². The highest BCUT2D eigenvalue weighted by atomic mass is 14.3. The summed E-state index contributed by atoms with van der Waals surface area (Å²) in [4.78, 5) is 0. The van der Waals surface area contributed by atoms with Crippen molar-refractivity contribution in [2.75, 3.05) is 0 Å². The maximum Gasteiger partial charge on any atom is 0.0146 e. The van der Waals surface area contributed by atoms with E-state index < -0.39 is 0 Å². The lowest BCUT2D eigenvalue weighted by Gasteiger charge is -2.26. The smallest absolute Gasteiger partial charge is 0.0146 e. The van der Waals surface area contributed by atoms with Crippen molar-refractivity contribution in [2.45, 2.75) is 225 Å². The highest BCUT2D eigenvalue weighted by Crippen LogP contribution is 2.32. The van der Waals surface area contributed by atoms with Gasteiger partial charge in [-0.05, 0) is 330 Å². The summed E-state index contributed by atoms with van der Waals surface area (Å²) in [7, 11) is 0. The Kier molecular flexibility index (Phi) is 43.4. The summed E-state index contributed by atoms with van der Waals surface area (Å²) in [6.45, 7) is 60.1. The predicted molar refractivity (Wildman–Crippen MR) is 581 cm³/mol. The fourth-order valence-electron chi connectivity index (χ4n) is 14.7. The predicted octanol–water partition coefficient (Wildman–Crippen LogP) is 36.6. The summed E-state index contributed by atoms with van der Waals surface area (Å²) in [6.07, 6.45) is 4.35. The van der Waals surface area contributed by atoms with Crippen LogP contribution in [-0.4, -0.2) is 0 Å². The van der Waals surface area contributed by atoms with Crippen LogP contribution in [-0.2, 0) is 31.1 Å². The van der Waals surface area contributed by atoms with Gasteiger partial charge in [-0.15, -0.1) is 0 Å². The molecule has 17 aromatic rings. The molecule has 0 heterocycles. The maximum absolute atomic E-state index is 2.30. The van der Waals surface area contributed by atoms with Crippen molar-refractivity contribution in [2.24, 2.45) is 0 Å². The lowest BCUT2D eigenvalue weighted by atomic mass is 9.78. The van der Waals surface area contributed by atoms with Crippen molar-refractivity contribution >= 4 is 21.5 Å². The van der Waals surface area contributed by atoms with Gasteiger partial charge in [0.05, 0.1) is 0 Å². The van der Waals surface area contributed by atoms with E-state index in [4.69, 9.17) is 0 Å². The third kappa shape index (κ3) is 37.3. The van der Waals surface area contributed by atoms with Crippen LogP contribution in [0, 0.1) is 166 Å². The van der Waals surface area contributed by atoms with Crippen LogP contribution >= 0.6 is 0 Å². The van der Waals surface area contributed by atoms with Crippen molar-refractivity contribution < 1.29 is 0 Å². The summed E-state index contributed by atoms with van der Waals surface area (Å²) in [6, 6.07) is 130. The number of benzene rings is 17. The third-order valence-corrected chi connectivity index (χ3v) is 24.4. The van der Waals surface area contributed by atoms with Crippen molar-refractivity contribution in [1.82, 2.24) is 0 Å². The number of hydrogen-bond acceptors (Lipinski definition) is 0. The van der Waals surface area contributed by atoms with E-state index in [1.165, 1.54) is 211 Å². The van der Waals surface area contributed by atoms with Gasteiger partial charge >= 0.3 is 0 Å². The zero-order valence-corrected chi connectivity index (χ0v) is 85.0. The number of hydrogen-bond donors (Lipinski definition) is 0. The molecule has 0 fully saturated rings. The fraction of sp³-hybridized carbons (Fsp3) is 0.252. The Labute approximate surface area is 794 Å². The normalized spacial score (nSPS) is 10.3. The largest absolute Gasteiger partial charge is 0.0617 e. The minimum Gasteiger partial charge on any atom is -0.0617 e. The summed E-state index contributed by atoms with van der Waals surface area (Å²) < 4.78 is 0. The molecule has 0 radical (unpaired) electrons. The van der Waals surface area contributed by atoms with Crippen molar-refractivity contribution in [3.63, 3.8) is 0 Å².